The van der Waals surface area contributed by atoms with Crippen LogP contribution in [0.4, 0.5) is 0 Å². The molecular formula is C35H36N4O4. The zero-order chi connectivity index (χ0) is 29.2. The number of hydrogen-bond acceptors (Lipinski definition) is 4. The molecule has 1 saturated heterocycles. The van der Waals surface area contributed by atoms with Crippen LogP contribution in [0.2, 0.25) is 0 Å². The molecule has 8 nitrogen and oxygen atoms in total. The van der Waals surface area contributed by atoms with Crippen molar-refractivity contribution in [3.05, 3.63) is 59.7 Å². The number of rotatable bonds is 3. The van der Waals surface area contributed by atoms with Crippen LogP contribution in [0.15, 0.2) is 48.5 Å². The van der Waals surface area contributed by atoms with Crippen LogP contribution in [-0.2, 0) is 26.5 Å². The first-order valence-corrected chi connectivity index (χ1v) is 15.7. The van der Waals surface area contributed by atoms with Crippen molar-refractivity contribution < 1.29 is 19.1 Å². The van der Waals surface area contributed by atoms with Crippen molar-refractivity contribution in [3.8, 4) is 0 Å². The van der Waals surface area contributed by atoms with Crippen LogP contribution in [-0.4, -0.2) is 52.2 Å². The summed E-state index contributed by atoms with van der Waals surface area (Å²) in [6, 6.07) is 16.6. The fraction of sp³-hybridized carbons (Fsp3) is 0.429. The third-order valence-electron chi connectivity index (χ3n) is 11.0. The average molecular weight is 577 g/mol. The van der Waals surface area contributed by atoms with E-state index < -0.39 is 11.8 Å². The van der Waals surface area contributed by atoms with Crippen LogP contribution >= 0.6 is 0 Å². The third-order valence-corrected chi connectivity index (χ3v) is 11.0. The van der Waals surface area contributed by atoms with Crippen LogP contribution in [0.5, 0.6) is 0 Å². The molecule has 5 aromatic rings. The van der Waals surface area contributed by atoms with Gasteiger partial charge >= 0.3 is 0 Å². The zero-order valence-electron chi connectivity index (χ0n) is 24.9. The molecule has 3 aromatic carbocycles. The molecule has 2 amide bonds. The first-order valence-electron chi connectivity index (χ1n) is 15.7. The molecule has 2 aromatic heterocycles. The van der Waals surface area contributed by atoms with E-state index in [2.05, 4.69) is 63.8 Å². The van der Waals surface area contributed by atoms with E-state index in [1.54, 1.807) is 7.11 Å². The van der Waals surface area contributed by atoms with Crippen molar-refractivity contribution in [1.29, 1.82) is 0 Å². The minimum absolute atomic E-state index is 0.0264. The van der Waals surface area contributed by atoms with Gasteiger partial charge in [0.05, 0.1) is 33.7 Å². The summed E-state index contributed by atoms with van der Waals surface area (Å²) in [4.78, 5) is 29.6. The number of nitrogens with zero attached hydrogens (tertiary/aromatic N) is 3. The number of carbonyl (C=O) groups excluding carboxylic acids is 2. The molecule has 0 radical (unpaired) electrons. The standard InChI is InChI=1S/C35H36N4O4/c1-35-32(42-3)25(37(2)34(41)19-11-5-4-6-12-19)17-26(43-35)38-23-15-9-7-13-20(23)28-29-22(18-36-33(29)40)27-21-14-8-10-16-24(21)39(35)31(27)30(28)38/h7-10,13-16,19,25-26,32H,4-6,11-12,17-18H2,1-3H3,(H,36,40)/t25-,26-,32-,35+/m0/s1. The number of aromatic nitrogens is 2. The molecule has 1 N–H and O–H groups in total. The molecule has 43 heavy (non-hydrogen) atoms. The highest BCUT2D eigenvalue weighted by Crippen LogP contribution is 2.54. The molecule has 8 heteroatoms. The third kappa shape index (κ3) is 3.13. The summed E-state index contributed by atoms with van der Waals surface area (Å²) in [5.41, 5.74) is 5.05. The number of fused-ring (bicyclic) bond motifs is 13. The molecule has 3 aliphatic heterocycles. The maximum atomic E-state index is 14.0. The van der Waals surface area contributed by atoms with Crippen LogP contribution in [0.1, 0.15) is 67.6 Å². The lowest BCUT2D eigenvalue weighted by atomic mass is 9.86. The van der Waals surface area contributed by atoms with E-state index in [4.69, 9.17) is 9.47 Å². The van der Waals surface area contributed by atoms with Crippen molar-refractivity contribution in [3.63, 3.8) is 0 Å². The van der Waals surface area contributed by atoms with Gasteiger partial charge in [-0.3, -0.25) is 9.59 Å². The maximum Gasteiger partial charge on any atom is 0.252 e. The Labute approximate surface area is 249 Å². The Balaban J connectivity index is 1.40. The van der Waals surface area contributed by atoms with E-state index >= 15 is 0 Å². The highest BCUT2D eigenvalue weighted by Gasteiger charge is 2.55. The Morgan fingerprint density at radius 1 is 1.00 bits per heavy atom. The van der Waals surface area contributed by atoms with Crippen molar-refractivity contribution in [2.45, 2.75) is 76.1 Å². The Hall–Kier alpha value is -3.88. The van der Waals surface area contributed by atoms with Gasteiger partial charge in [0.15, 0.2) is 5.72 Å². The van der Waals surface area contributed by atoms with E-state index in [0.717, 1.165) is 80.4 Å². The van der Waals surface area contributed by atoms with Crippen LogP contribution < -0.4 is 5.32 Å². The molecule has 9 rings (SSSR count). The molecule has 2 bridgehead atoms. The van der Waals surface area contributed by atoms with E-state index in [1.165, 1.54) is 6.42 Å². The monoisotopic (exact) mass is 576 g/mol. The van der Waals surface area contributed by atoms with E-state index in [-0.39, 0.29) is 30.0 Å². The van der Waals surface area contributed by atoms with Crippen LogP contribution in [0, 0.1) is 5.92 Å². The maximum absolute atomic E-state index is 14.0. The quantitative estimate of drug-likeness (QED) is 0.279. The first-order chi connectivity index (χ1) is 20.9. The highest BCUT2D eigenvalue weighted by molar-refractivity contribution is 6.31. The Morgan fingerprint density at radius 3 is 2.44 bits per heavy atom. The number of methoxy groups -OCH3 is 1. The van der Waals surface area contributed by atoms with Crippen molar-refractivity contribution in [2.75, 3.05) is 14.2 Å². The second-order valence-corrected chi connectivity index (χ2v) is 13.1. The summed E-state index contributed by atoms with van der Waals surface area (Å²) in [7, 11) is 3.71. The summed E-state index contributed by atoms with van der Waals surface area (Å²) in [6.45, 7) is 2.62. The van der Waals surface area contributed by atoms with Gasteiger partial charge in [0, 0.05) is 54.6 Å². The molecule has 4 aliphatic rings. The van der Waals surface area contributed by atoms with Crippen LogP contribution in [0.25, 0.3) is 43.6 Å². The molecule has 4 atom stereocenters. The van der Waals surface area contributed by atoms with Gasteiger partial charge in [-0.05, 0) is 37.5 Å². The average Bonchev–Trinajstić information content (AvgIpc) is 3.68. The van der Waals surface area contributed by atoms with E-state index in [1.807, 2.05) is 18.0 Å². The molecule has 2 fully saturated rings. The second kappa shape index (κ2) is 8.83. The highest BCUT2D eigenvalue weighted by atomic mass is 16.6. The number of nitrogens with one attached hydrogen (secondary N) is 1. The fourth-order valence-electron chi connectivity index (χ4n) is 9.19. The summed E-state index contributed by atoms with van der Waals surface area (Å²) in [5.74, 6) is 0.250. The molecular weight excluding hydrogens is 540 g/mol. The molecule has 0 unspecified atom stereocenters. The van der Waals surface area contributed by atoms with Crippen molar-refractivity contribution in [2.24, 2.45) is 5.92 Å². The Kier molecular flexibility index (Phi) is 5.26. The molecule has 1 aliphatic carbocycles. The second-order valence-electron chi connectivity index (χ2n) is 13.1. The summed E-state index contributed by atoms with van der Waals surface area (Å²) >= 11 is 0. The van der Waals surface area contributed by atoms with Crippen LogP contribution in [0.3, 0.4) is 0 Å². The number of para-hydroxylation sites is 2. The first kappa shape index (κ1) is 25.6. The van der Waals surface area contributed by atoms with Gasteiger partial charge in [0.1, 0.15) is 12.3 Å². The Morgan fingerprint density at radius 2 is 1.70 bits per heavy atom. The molecule has 0 spiro atoms. The van der Waals surface area contributed by atoms with Gasteiger partial charge < -0.3 is 28.8 Å². The lowest BCUT2D eigenvalue weighted by Crippen LogP contribution is -2.62. The summed E-state index contributed by atoms with van der Waals surface area (Å²) in [5, 5.41) is 7.36. The lowest BCUT2D eigenvalue weighted by molar-refractivity contribution is -0.266. The molecule has 1 saturated carbocycles. The van der Waals surface area contributed by atoms with E-state index in [9.17, 15) is 9.59 Å². The fourth-order valence-corrected chi connectivity index (χ4v) is 9.19. The SMILES string of the molecule is CO[C@H]1[C@@H](N(C)C(=O)C2CCCCC2)C[C@@H]2O[C@@]1(C)n1c3ccccc3c3c4c(c5c6ccccc6n2c5c31)C(=O)NC4. The minimum Gasteiger partial charge on any atom is -0.374 e. The van der Waals surface area contributed by atoms with Gasteiger partial charge in [-0.25, -0.2) is 0 Å². The smallest absolute Gasteiger partial charge is 0.252 e. The number of benzene rings is 3. The van der Waals surface area contributed by atoms with Gasteiger partial charge in [-0.2, -0.15) is 0 Å². The van der Waals surface area contributed by atoms with Crippen molar-refractivity contribution >= 4 is 55.4 Å². The van der Waals surface area contributed by atoms with Crippen molar-refractivity contribution in [1.82, 2.24) is 19.4 Å². The summed E-state index contributed by atoms with van der Waals surface area (Å²) in [6.07, 6.45) is 5.14. The van der Waals surface area contributed by atoms with Gasteiger partial charge in [-0.1, -0.05) is 55.7 Å². The zero-order valence-corrected chi connectivity index (χ0v) is 24.9. The largest absolute Gasteiger partial charge is 0.374 e. The molecule has 5 heterocycles. The predicted molar refractivity (Wildman–Crippen MR) is 166 cm³/mol. The van der Waals surface area contributed by atoms with Gasteiger partial charge in [0.25, 0.3) is 5.91 Å². The number of carbonyl (C=O) groups is 2. The number of hydrogen-bond donors (Lipinski definition) is 1. The molecule has 220 valence electrons. The number of likely N-dealkylation sites (N-methyl/N-ethyl adjacent to an activating group) is 1. The topological polar surface area (TPSA) is 77.7 Å². The predicted octanol–water partition coefficient (Wildman–Crippen LogP) is 6.17. The van der Waals surface area contributed by atoms with Gasteiger partial charge in [0.2, 0.25) is 5.91 Å². The lowest BCUT2D eigenvalue weighted by Gasteiger charge is -2.51. The normalized spacial score (nSPS) is 26.9. The number of amides is 2. The number of ether oxygens (including phenoxy) is 2. The van der Waals surface area contributed by atoms with Gasteiger partial charge in [-0.15, -0.1) is 0 Å². The Bertz CT molecular complexity index is 2020. The summed E-state index contributed by atoms with van der Waals surface area (Å²) < 4.78 is 18.3. The minimum atomic E-state index is -0.928. The van der Waals surface area contributed by atoms with E-state index in [0.29, 0.717) is 13.0 Å².